The summed E-state index contributed by atoms with van der Waals surface area (Å²) in [7, 11) is 0. The molecule has 0 amide bonds. The second kappa shape index (κ2) is 8.31. The van der Waals surface area contributed by atoms with Crippen molar-refractivity contribution in [2.75, 3.05) is 43.0 Å². The highest BCUT2D eigenvalue weighted by atomic mass is 79.9. The summed E-state index contributed by atoms with van der Waals surface area (Å²) in [6.07, 6.45) is 0.115. The quantitative estimate of drug-likeness (QED) is 0.579. The molecule has 1 aromatic rings. The molecule has 1 N–H and O–H groups in total. The lowest BCUT2D eigenvalue weighted by atomic mass is 10.0. The van der Waals surface area contributed by atoms with Gasteiger partial charge in [0, 0.05) is 43.5 Å². The van der Waals surface area contributed by atoms with Crippen molar-refractivity contribution in [2.24, 2.45) is 0 Å². The first-order chi connectivity index (χ1) is 11.0. The van der Waals surface area contributed by atoms with Crippen LogP contribution in [-0.4, -0.2) is 44.1 Å². The van der Waals surface area contributed by atoms with Crippen LogP contribution in [0.15, 0.2) is 18.2 Å². The number of carbonyl (C=O) groups is 1. The molecular formula is C16H21BrClFN2O2. The van der Waals surface area contributed by atoms with Crippen LogP contribution in [0.5, 0.6) is 0 Å². The minimum atomic E-state index is -2.01. The van der Waals surface area contributed by atoms with Crippen molar-refractivity contribution < 1.29 is 13.9 Å². The van der Waals surface area contributed by atoms with Crippen LogP contribution in [0, 0.1) is 0 Å². The van der Waals surface area contributed by atoms with E-state index in [-0.39, 0.29) is 18.6 Å². The van der Waals surface area contributed by atoms with Crippen LogP contribution in [0.4, 0.5) is 10.1 Å². The van der Waals surface area contributed by atoms with E-state index >= 15 is 0 Å². The Balaban J connectivity index is 2.39. The van der Waals surface area contributed by atoms with Crippen LogP contribution in [0.3, 0.4) is 0 Å². The molecule has 2 rings (SSSR count). The summed E-state index contributed by atoms with van der Waals surface area (Å²) in [5.41, 5.74) is 1.41. The second-order valence-corrected chi connectivity index (χ2v) is 6.72. The minimum Gasteiger partial charge on any atom is -0.462 e. The first kappa shape index (κ1) is 18.5. The fraction of sp³-hybridized carbons (Fsp3) is 0.562. The third-order valence-corrected chi connectivity index (χ3v) is 4.58. The molecule has 1 heterocycles. The van der Waals surface area contributed by atoms with Crippen molar-refractivity contribution in [1.82, 2.24) is 5.32 Å². The van der Waals surface area contributed by atoms with Gasteiger partial charge in [-0.15, -0.1) is 0 Å². The van der Waals surface area contributed by atoms with Gasteiger partial charge in [-0.05, 0) is 19.1 Å². The predicted molar refractivity (Wildman–Crippen MR) is 94.5 cm³/mol. The van der Waals surface area contributed by atoms with E-state index in [1.165, 1.54) is 6.07 Å². The minimum absolute atomic E-state index is 0.115. The zero-order valence-electron chi connectivity index (χ0n) is 13.1. The molecule has 1 saturated heterocycles. The predicted octanol–water partition coefficient (Wildman–Crippen LogP) is 3.42. The van der Waals surface area contributed by atoms with Crippen LogP contribution < -0.4 is 10.2 Å². The summed E-state index contributed by atoms with van der Waals surface area (Å²) < 4.78 is 19.7. The highest BCUT2D eigenvalue weighted by Crippen LogP contribution is 2.37. The molecule has 0 saturated carbocycles. The van der Waals surface area contributed by atoms with E-state index in [0.717, 1.165) is 31.9 Å². The van der Waals surface area contributed by atoms with Crippen LogP contribution in [0.2, 0.25) is 0 Å². The molecule has 0 spiro atoms. The Kier molecular flexibility index (Phi) is 6.68. The van der Waals surface area contributed by atoms with Crippen molar-refractivity contribution in [1.29, 1.82) is 0 Å². The number of hydrogen-bond donors (Lipinski definition) is 1. The van der Waals surface area contributed by atoms with Gasteiger partial charge in [-0.1, -0.05) is 33.6 Å². The number of carbonyl (C=O) groups excluding carboxylic acids is 1. The first-order valence-electron chi connectivity index (χ1n) is 7.70. The highest BCUT2D eigenvalue weighted by molar-refractivity contribution is 9.09. The first-order valence-corrected chi connectivity index (χ1v) is 9.20. The van der Waals surface area contributed by atoms with Crippen LogP contribution in [0.25, 0.3) is 0 Å². The lowest BCUT2D eigenvalue weighted by molar-refractivity contribution is 0.0526. The number of anilines is 1. The van der Waals surface area contributed by atoms with Gasteiger partial charge in [-0.3, -0.25) is 0 Å². The lowest BCUT2D eigenvalue weighted by Gasteiger charge is -2.31. The average molecular weight is 408 g/mol. The topological polar surface area (TPSA) is 41.6 Å². The number of ether oxygens (including phenoxy) is 1. The highest BCUT2D eigenvalue weighted by Gasteiger charge is 2.30. The Hall–Kier alpha value is -0.850. The van der Waals surface area contributed by atoms with Crippen molar-refractivity contribution in [2.45, 2.75) is 18.5 Å². The molecule has 1 aliphatic heterocycles. The Morgan fingerprint density at radius 1 is 1.48 bits per heavy atom. The van der Waals surface area contributed by atoms with Gasteiger partial charge in [0.15, 0.2) is 0 Å². The number of benzene rings is 1. The number of hydrogen-bond acceptors (Lipinski definition) is 4. The summed E-state index contributed by atoms with van der Waals surface area (Å²) >= 11 is 9.18. The molecule has 0 aliphatic carbocycles. The molecule has 1 atom stereocenters. The largest absolute Gasteiger partial charge is 0.462 e. The summed E-state index contributed by atoms with van der Waals surface area (Å²) in [4.78, 5) is 14.4. The van der Waals surface area contributed by atoms with E-state index in [0.29, 0.717) is 10.9 Å². The molecule has 0 bridgehead atoms. The normalized spacial score (nSPS) is 17.7. The summed E-state index contributed by atoms with van der Waals surface area (Å²) in [5.74, 6) is -0.450. The van der Waals surface area contributed by atoms with Gasteiger partial charge in [-0.25, -0.2) is 9.18 Å². The van der Waals surface area contributed by atoms with Crippen molar-refractivity contribution in [3.63, 3.8) is 0 Å². The zero-order chi connectivity index (χ0) is 16.9. The second-order valence-electron chi connectivity index (χ2n) is 5.33. The van der Waals surface area contributed by atoms with Crippen molar-refractivity contribution >= 4 is 39.2 Å². The number of halogens is 3. The summed E-state index contributed by atoms with van der Waals surface area (Å²) in [5, 5.41) is 1.69. The Labute approximate surface area is 149 Å². The number of nitrogens with one attached hydrogen (secondary N) is 1. The number of nitrogens with zero attached hydrogens (tertiary/aromatic N) is 1. The number of alkyl halides is 3. The maximum atomic E-state index is 14.6. The number of esters is 1. The molecule has 7 heteroatoms. The molecule has 23 heavy (non-hydrogen) atoms. The van der Waals surface area contributed by atoms with Gasteiger partial charge in [0.1, 0.15) is 0 Å². The van der Waals surface area contributed by atoms with Gasteiger partial charge >= 0.3 is 5.97 Å². The van der Waals surface area contributed by atoms with Gasteiger partial charge in [0.2, 0.25) is 5.13 Å². The molecule has 1 fully saturated rings. The molecule has 1 aromatic carbocycles. The number of rotatable bonds is 6. The molecule has 4 nitrogen and oxygen atoms in total. The van der Waals surface area contributed by atoms with E-state index in [1.54, 1.807) is 19.1 Å². The van der Waals surface area contributed by atoms with Gasteiger partial charge < -0.3 is 15.0 Å². The van der Waals surface area contributed by atoms with Crippen molar-refractivity contribution in [3.8, 4) is 0 Å². The third-order valence-electron chi connectivity index (χ3n) is 3.78. The molecular weight excluding hydrogens is 387 g/mol. The van der Waals surface area contributed by atoms with E-state index < -0.39 is 11.1 Å². The molecule has 0 aromatic heterocycles. The van der Waals surface area contributed by atoms with Crippen molar-refractivity contribution in [3.05, 3.63) is 29.3 Å². The third kappa shape index (κ3) is 4.58. The fourth-order valence-corrected chi connectivity index (χ4v) is 3.57. The molecule has 1 unspecified atom stereocenters. The van der Waals surface area contributed by atoms with Crippen LogP contribution in [-0.2, 0) is 9.86 Å². The van der Waals surface area contributed by atoms with E-state index in [2.05, 4.69) is 26.1 Å². The summed E-state index contributed by atoms with van der Waals surface area (Å²) in [6.45, 7) is 5.28. The fourth-order valence-electron chi connectivity index (χ4n) is 2.58. The molecule has 128 valence electrons. The zero-order valence-corrected chi connectivity index (χ0v) is 15.4. The number of piperazine rings is 1. The van der Waals surface area contributed by atoms with Crippen LogP contribution >= 0.6 is 27.5 Å². The maximum Gasteiger partial charge on any atom is 0.340 e. The molecule has 1 aliphatic rings. The smallest absolute Gasteiger partial charge is 0.340 e. The average Bonchev–Trinajstić information content (AvgIpc) is 2.55. The summed E-state index contributed by atoms with van der Waals surface area (Å²) in [6, 6.07) is 4.93. The Bertz CT molecular complexity index is 551. The standard InChI is InChI=1S/C16H21BrClFN2O2/c1-2-23-15(22)13-11-12(16(18,19)5-6-17)3-4-14(13)21-9-7-20-8-10-21/h3-4,11,20H,2,5-10H2,1H3. The monoisotopic (exact) mass is 406 g/mol. The van der Waals surface area contributed by atoms with Crippen LogP contribution in [0.1, 0.15) is 29.3 Å². The van der Waals surface area contributed by atoms with E-state index in [1.807, 2.05) is 0 Å². The Morgan fingerprint density at radius 3 is 2.78 bits per heavy atom. The van der Waals surface area contributed by atoms with E-state index in [4.69, 9.17) is 16.3 Å². The van der Waals surface area contributed by atoms with Gasteiger partial charge in [0.05, 0.1) is 17.9 Å². The lowest BCUT2D eigenvalue weighted by Crippen LogP contribution is -2.44. The van der Waals surface area contributed by atoms with Gasteiger partial charge in [-0.2, -0.15) is 0 Å². The van der Waals surface area contributed by atoms with E-state index in [9.17, 15) is 9.18 Å². The maximum absolute atomic E-state index is 14.6. The SMILES string of the molecule is CCOC(=O)c1cc(C(F)(Cl)CCBr)ccc1N1CCNCC1. The van der Waals surface area contributed by atoms with Gasteiger partial charge in [0.25, 0.3) is 0 Å². The molecule has 0 radical (unpaired) electrons. The Morgan fingerprint density at radius 2 is 2.17 bits per heavy atom.